The highest BCUT2D eigenvalue weighted by atomic mass is 19.4. The van der Waals surface area contributed by atoms with Crippen molar-refractivity contribution in [1.29, 1.82) is 0 Å². The maximum Gasteiger partial charge on any atom is 0.416 e. The third-order valence-electron chi connectivity index (χ3n) is 5.91. The molecule has 172 valence electrons. The van der Waals surface area contributed by atoms with Gasteiger partial charge in [0.2, 0.25) is 0 Å². The number of rotatable bonds is 5. The lowest BCUT2D eigenvalue weighted by molar-refractivity contribution is -0.137. The first-order valence-electron chi connectivity index (χ1n) is 10.5. The summed E-state index contributed by atoms with van der Waals surface area (Å²) in [7, 11) is 1.57. The van der Waals surface area contributed by atoms with Crippen molar-refractivity contribution in [1.82, 2.24) is 15.1 Å². The lowest BCUT2D eigenvalue weighted by atomic mass is 9.95. The van der Waals surface area contributed by atoms with E-state index in [9.17, 15) is 18.0 Å². The van der Waals surface area contributed by atoms with Crippen molar-refractivity contribution in [2.24, 2.45) is 0 Å². The van der Waals surface area contributed by atoms with Crippen molar-refractivity contribution >= 4 is 5.91 Å². The molecule has 3 aromatic rings. The molecule has 0 bridgehead atoms. The highest BCUT2D eigenvalue weighted by molar-refractivity contribution is 5.94. The van der Waals surface area contributed by atoms with Crippen LogP contribution in [0.3, 0.4) is 0 Å². The first-order chi connectivity index (χ1) is 15.7. The van der Waals surface area contributed by atoms with Crippen molar-refractivity contribution in [3.8, 4) is 11.4 Å². The van der Waals surface area contributed by atoms with Crippen LogP contribution in [0.1, 0.15) is 45.2 Å². The van der Waals surface area contributed by atoms with Gasteiger partial charge in [-0.2, -0.15) is 18.3 Å². The maximum atomic E-state index is 12.9. The van der Waals surface area contributed by atoms with Gasteiger partial charge in [-0.25, -0.2) is 4.68 Å². The molecule has 4 rings (SSSR count). The highest BCUT2D eigenvalue weighted by Crippen LogP contribution is 2.35. The van der Waals surface area contributed by atoms with Gasteiger partial charge in [0.15, 0.2) is 0 Å². The fourth-order valence-corrected chi connectivity index (χ4v) is 4.25. The van der Waals surface area contributed by atoms with E-state index in [0.29, 0.717) is 23.4 Å². The lowest BCUT2D eigenvalue weighted by Crippen LogP contribution is -2.32. The molecular formula is C25H24F3N3O2. The van der Waals surface area contributed by atoms with Crippen LogP contribution < -0.4 is 10.1 Å². The van der Waals surface area contributed by atoms with E-state index in [1.807, 2.05) is 26.0 Å². The molecule has 8 heteroatoms. The number of nitrogens with one attached hydrogen (secondary N) is 1. The van der Waals surface area contributed by atoms with Gasteiger partial charge in [0.1, 0.15) is 5.75 Å². The van der Waals surface area contributed by atoms with Crippen LogP contribution in [0, 0.1) is 13.8 Å². The van der Waals surface area contributed by atoms with Crippen molar-refractivity contribution in [3.05, 3.63) is 88.8 Å². The topological polar surface area (TPSA) is 56.1 Å². The number of alkyl halides is 3. The summed E-state index contributed by atoms with van der Waals surface area (Å²) >= 11 is 0. The number of hydrogen-bond acceptors (Lipinski definition) is 3. The van der Waals surface area contributed by atoms with Gasteiger partial charge in [-0.05, 0) is 68.8 Å². The normalized spacial score (nSPS) is 17.9. The second-order valence-corrected chi connectivity index (χ2v) is 8.08. The minimum absolute atomic E-state index is 0.0503. The number of hydrogen-bond donors (Lipinski definition) is 1. The average Bonchev–Trinajstić information content (AvgIpc) is 3.36. The Labute approximate surface area is 189 Å². The average molecular weight is 455 g/mol. The Morgan fingerprint density at radius 2 is 1.73 bits per heavy atom. The number of ether oxygens (including phenoxy) is 1. The van der Waals surface area contributed by atoms with E-state index in [2.05, 4.69) is 10.4 Å². The van der Waals surface area contributed by atoms with E-state index in [1.165, 1.54) is 12.1 Å². The number of allylic oxidation sites excluding steroid dienone is 1. The molecule has 1 aliphatic carbocycles. The summed E-state index contributed by atoms with van der Waals surface area (Å²) in [6.07, 6.45) is 0.328. The molecule has 0 fully saturated rings. The van der Waals surface area contributed by atoms with Gasteiger partial charge in [0.05, 0.1) is 24.1 Å². The van der Waals surface area contributed by atoms with Gasteiger partial charge in [-0.1, -0.05) is 12.2 Å². The van der Waals surface area contributed by atoms with Gasteiger partial charge >= 0.3 is 6.18 Å². The quantitative estimate of drug-likeness (QED) is 0.527. The van der Waals surface area contributed by atoms with Crippen molar-refractivity contribution in [2.45, 2.75) is 38.4 Å². The Kier molecular flexibility index (Phi) is 6.01. The summed E-state index contributed by atoms with van der Waals surface area (Å²) in [6, 6.07) is 11.8. The Morgan fingerprint density at radius 1 is 1.06 bits per heavy atom. The zero-order chi connectivity index (χ0) is 23.8. The molecule has 2 atom stereocenters. The minimum atomic E-state index is -4.38. The number of carbonyl (C=O) groups is 1. The molecule has 33 heavy (non-hydrogen) atoms. The van der Waals surface area contributed by atoms with Crippen molar-refractivity contribution < 1.29 is 22.7 Å². The van der Waals surface area contributed by atoms with E-state index in [1.54, 1.807) is 36.1 Å². The highest BCUT2D eigenvalue weighted by Gasteiger charge is 2.31. The van der Waals surface area contributed by atoms with Gasteiger partial charge < -0.3 is 10.1 Å². The van der Waals surface area contributed by atoms with Gasteiger partial charge in [-0.15, -0.1) is 0 Å². The summed E-state index contributed by atoms with van der Waals surface area (Å²) in [5.41, 5.74) is 3.12. The third-order valence-corrected chi connectivity index (χ3v) is 5.91. The number of carbonyl (C=O) groups excluding carboxylic acids is 1. The fraction of sp³-hybridized carbons (Fsp3) is 0.280. The molecular weight excluding hydrogens is 431 g/mol. The molecule has 1 aromatic heterocycles. The molecule has 1 N–H and O–H groups in total. The smallest absolute Gasteiger partial charge is 0.416 e. The number of aromatic nitrogens is 2. The predicted octanol–water partition coefficient (Wildman–Crippen LogP) is 5.36. The van der Waals surface area contributed by atoms with E-state index in [0.717, 1.165) is 29.1 Å². The molecule has 5 nitrogen and oxygen atoms in total. The molecule has 0 unspecified atom stereocenters. The van der Waals surface area contributed by atoms with Crippen LogP contribution in [0.4, 0.5) is 13.2 Å². The molecule has 0 saturated carbocycles. The molecule has 0 saturated heterocycles. The monoisotopic (exact) mass is 455 g/mol. The maximum absolute atomic E-state index is 12.9. The molecule has 2 aromatic carbocycles. The molecule has 1 aliphatic rings. The molecule has 0 spiro atoms. The zero-order valence-electron chi connectivity index (χ0n) is 18.5. The summed E-state index contributed by atoms with van der Waals surface area (Å²) in [4.78, 5) is 12.6. The molecule has 0 aliphatic heterocycles. The van der Waals surface area contributed by atoms with E-state index < -0.39 is 11.7 Å². The largest absolute Gasteiger partial charge is 0.497 e. The van der Waals surface area contributed by atoms with Crippen LogP contribution in [0.2, 0.25) is 0 Å². The Morgan fingerprint density at radius 3 is 2.33 bits per heavy atom. The van der Waals surface area contributed by atoms with Crippen molar-refractivity contribution in [3.63, 3.8) is 0 Å². The summed E-state index contributed by atoms with van der Waals surface area (Å²) in [6.45, 7) is 3.80. The summed E-state index contributed by atoms with van der Waals surface area (Å²) in [5, 5.41) is 7.60. The fourth-order valence-electron chi connectivity index (χ4n) is 4.25. The van der Waals surface area contributed by atoms with Crippen LogP contribution in [-0.4, -0.2) is 28.8 Å². The van der Waals surface area contributed by atoms with E-state index in [4.69, 9.17) is 4.74 Å². The minimum Gasteiger partial charge on any atom is -0.497 e. The van der Waals surface area contributed by atoms with Crippen molar-refractivity contribution in [2.75, 3.05) is 7.11 Å². The first kappa shape index (κ1) is 22.6. The van der Waals surface area contributed by atoms with Gasteiger partial charge in [0, 0.05) is 28.8 Å². The Bertz CT molecular complexity index is 1180. The molecule has 0 radical (unpaired) electrons. The van der Waals surface area contributed by atoms with Gasteiger partial charge in [0.25, 0.3) is 5.91 Å². The zero-order valence-corrected chi connectivity index (χ0v) is 18.5. The second-order valence-electron chi connectivity index (χ2n) is 8.08. The van der Waals surface area contributed by atoms with E-state index in [-0.39, 0.29) is 17.9 Å². The number of benzene rings is 2. The number of amides is 1. The van der Waals surface area contributed by atoms with Crippen LogP contribution in [-0.2, 0) is 6.18 Å². The lowest BCUT2D eigenvalue weighted by Gasteiger charge is -2.15. The van der Waals surface area contributed by atoms with Crippen LogP contribution in [0.15, 0.2) is 60.7 Å². The summed E-state index contributed by atoms with van der Waals surface area (Å²) in [5.74, 6) is 0.569. The van der Waals surface area contributed by atoms with Crippen LogP contribution in [0.5, 0.6) is 5.75 Å². The first-order valence-corrected chi connectivity index (χ1v) is 10.5. The Hall–Kier alpha value is -3.55. The Balaban J connectivity index is 1.47. The molecule has 1 amide bonds. The number of halogens is 3. The number of methoxy groups -OCH3 is 1. The van der Waals surface area contributed by atoms with Crippen LogP contribution >= 0.6 is 0 Å². The number of nitrogens with zero attached hydrogens (tertiary/aromatic N) is 2. The molecule has 1 heterocycles. The standard InChI is InChI=1S/C25H24F3N3O2/c1-15-23(16(2)31(30-15)21-10-7-19(8-11-21)25(26,27)28)18-4-9-20(14-18)29-24(32)17-5-12-22(33-3)13-6-17/h4-13,18,20H,14H2,1-3H3,(H,29,32)/t18-,20+/m0/s1. The van der Waals surface area contributed by atoms with Crippen LogP contribution in [0.25, 0.3) is 5.69 Å². The summed E-state index contributed by atoms with van der Waals surface area (Å²) < 4.78 is 45.4. The second kappa shape index (κ2) is 8.77. The van der Waals surface area contributed by atoms with E-state index >= 15 is 0 Å². The number of aryl methyl sites for hydroxylation is 1. The predicted molar refractivity (Wildman–Crippen MR) is 119 cm³/mol. The third kappa shape index (κ3) is 4.65. The van der Waals surface area contributed by atoms with Gasteiger partial charge in [-0.3, -0.25) is 4.79 Å². The SMILES string of the molecule is COc1ccc(C(=O)N[C@@H]2C=C[C@H](c3c(C)nn(-c4ccc(C(F)(F)F)cc4)c3C)C2)cc1.